The lowest BCUT2D eigenvalue weighted by Gasteiger charge is -2.33. The summed E-state index contributed by atoms with van der Waals surface area (Å²) in [6.07, 6.45) is 3.12. The number of benzene rings is 1. The summed E-state index contributed by atoms with van der Waals surface area (Å²) in [5.41, 5.74) is 0.515. The van der Waals surface area contributed by atoms with Gasteiger partial charge in [-0.05, 0) is 6.07 Å². The van der Waals surface area contributed by atoms with Crippen molar-refractivity contribution >= 4 is 5.82 Å². The molecule has 1 saturated heterocycles. The highest BCUT2D eigenvalue weighted by Crippen LogP contribution is 2.13. The molecule has 0 radical (unpaired) electrons. The lowest BCUT2D eigenvalue weighted by molar-refractivity contribution is -0.0243. The van der Waals surface area contributed by atoms with E-state index in [2.05, 4.69) is 15.2 Å². The van der Waals surface area contributed by atoms with Crippen LogP contribution in [0.1, 0.15) is 5.56 Å². The van der Waals surface area contributed by atoms with E-state index in [1.165, 1.54) is 10.6 Å². The van der Waals surface area contributed by atoms with Gasteiger partial charge >= 0.3 is 0 Å². The Morgan fingerprint density at radius 2 is 2.25 bits per heavy atom. The fourth-order valence-electron chi connectivity index (χ4n) is 2.74. The Labute approximate surface area is 139 Å². The van der Waals surface area contributed by atoms with Crippen molar-refractivity contribution in [3.05, 3.63) is 58.4 Å². The van der Waals surface area contributed by atoms with Crippen LogP contribution in [0.2, 0.25) is 0 Å². The van der Waals surface area contributed by atoms with Crippen LogP contribution in [0.4, 0.5) is 10.2 Å². The summed E-state index contributed by atoms with van der Waals surface area (Å²) in [5.74, 6) is 0.130. The third kappa shape index (κ3) is 3.98. The molecule has 0 aliphatic carbocycles. The summed E-state index contributed by atoms with van der Waals surface area (Å²) < 4.78 is 21.0. The van der Waals surface area contributed by atoms with E-state index in [0.29, 0.717) is 37.6 Å². The van der Waals surface area contributed by atoms with Gasteiger partial charge in [0.2, 0.25) is 0 Å². The molecular weight excluding hydrogens is 311 g/mol. The van der Waals surface area contributed by atoms with E-state index in [1.807, 2.05) is 6.07 Å². The number of morpholine rings is 1. The maximum atomic E-state index is 13.8. The van der Waals surface area contributed by atoms with Crippen LogP contribution in [0.15, 0.2) is 41.5 Å². The zero-order chi connectivity index (χ0) is 16.9. The molecule has 128 valence electrons. The monoisotopic (exact) mass is 332 g/mol. The van der Waals surface area contributed by atoms with E-state index in [-0.39, 0.29) is 17.5 Å². The van der Waals surface area contributed by atoms with E-state index in [9.17, 15) is 9.18 Å². The topological polar surface area (TPSA) is 59.4 Å². The molecule has 0 unspecified atom stereocenters. The Kier molecular flexibility index (Phi) is 5.22. The summed E-state index contributed by atoms with van der Waals surface area (Å²) in [4.78, 5) is 18.1. The molecule has 1 aromatic heterocycles. The summed E-state index contributed by atoms with van der Waals surface area (Å²) in [5, 5.41) is 3.05. The van der Waals surface area contributed by atoms with Gasteiger partial charge in [-0.25, -0.2) is 9.37 Å². The molecule has 1 aromatic carbocycles. The van der Waals surface area contributed by atoms with Crippen molar-refractivity contribution in [1.82, 2.24) is 14.5 Å². The fraction of sp³-hybridized carbons (Fsp3) is 0.412. The molecular formula is C17H21FN4O2. The van der Waals surface area contributed by atoms with Gasteiger partial charge in [-0.2, -0.15) is 0 Å². The van der Waals surface area contributed by atoms with Crippen LogP contribution < -0.4 is 10.9 Å². The van der Waals surface area contributed by atoms with Crippen molar-refractivity contribution in [3.63, 3.8) is 0 Å². The highest BCUT2D eigenvalue weighted by Gasteiger charge is 2.21. The maximum Gasteiger partial charge on any atom is 0.293 e. The molecule has 2 aromatic rings. The molecule has 1 atom stereocenters. The first kappa shape index (κ1) is 16.6. The number of aryl methyl sites for hydroxylation is 1. The maximum absolute atomic E-state index is 13.8. The third-order valence-electron chi connectivity index (χ3n) is 4.09. The van der Waals surface area contributed by atoms with Crippen molar-refractivity contribution in [2.75, 3.05) is 31.6 Å². The molecule has 0 bridgehead atoms. The van der Waals surface area contributed by atoms with Crippen molar-refractivity contribution in [2.24, 2.45) is 7.05 Å². The number of hydrogen-bond acceptors (Lipinski definition) is 5. The third-order valence-corrected chi connectivity index (χ3v) is 4.09. The quantitative estimate of drug-likeness (QED) is 0.892. The SMILES string of the molecule is Cn1ccnc(NC[C@H]2CN(Cc3ccccc3F)CCO2)c1=O. The minimum atomic E-state index is -0.185. The first-order chi connectivity index (χ1) is 11.6. The highest BCUT2D eigenvalue weighted by molar-refractivity contribution is 5.30. The van der Waals surface area contributed by atoms with Gasteiger partial charge in [0, 0.05) is 51.2 Å². The van der Waals surface area contributed by atoms with Crippen LogP contribution >= 0.6 is 0 Å². The van der Waals surface area contributed by atoms with Gasteiger partial charge in [0.25, 0.3) is 5.56 Å². The van der Waals surface area contributed by atoms with Gasteiger partial charge in [-0.3, -0.25) is 9.69 Å². The number of ether oxygens (including phenoxy) is 1. The zero-order valence-corrected chi connectivity index (χ0v) is 13.6. The first-order valence-corrected chi connectivity index (χ1v) is 7.96. The number of nitrogens with one attached hydrogen (secondary N) is 1. The molecule has 1 N–H and O–H groups in total. The van der Waals surface area contributed by atoms with Crippen LogP contribution in [-0.2, 0) is 18.3 Å². The van der Waals surface area contributed by atoms with Gasteiger partial charge in [-0.15, -0.1) is 0 Å². The lowest BCUT2D eigenvalue weighted by atomic mass is 10.1. The largest absolute Gasteiger partial charge is 0.374 e. The van der Waals surface area contributed by atoms with Crippen molar-refractivity contribution in [2.45, 2.75) is 12.6 Å². The van der Waals surface area contributed by atoms with Crippen LogP contribution in [0, 0.1) is 5.82 Å². The van der Waals surface area contributed by atoms with Crippen molar-refractivity contribution in [1.29, 1.82) is 0 Å². The van der Waals surface area contributed by atoms with E-state index in [4.69, 9.17) is 4.74 Å². The van der Waals surface area contributed by atoms with Gasteiger partial charge < -0.3 is 14.6 Å². The minimum Gasteiger partial charge on any atom is -0.374 e. The number of rotatable bonds is 5. The summed E-state index contributed by atoms with van der Waals surface area (Å²) >= 11 is 0. The normalized spacial score (nSPS) is 18.5. The average molecular weight is 332 g/mol. The smallest absolute Gasteiger partial charge is 0.293 e. The highest BCUT2D eigenvalue weighted by atomic mass is 19.1. The molecule has 24 heavy (non-hydrogen) atoms. The second-order valence-electron chi connectivity index (χ2n) is 5.89. The van der Waals surface area contributed by atoms with Crippen molar-refractivity contribution in [3.8, 4) is 0 Å². The Morgan fingerprint density at radius 1 is 1.42 bits per heavy atom. The number of aromatic nitrogens is 2. The standard InChI is InChI=1S/C17H21FN4O2/c1-21-7-6-19-16(17(21)23)20-10-14-12-22(8-9-24-14)11-13-4-2-3-5-15(13)18/h2-7,14H,8-12H2,1H3,(H,19,20)/t14-/m0/s1. The van der Waals surface area contributed by atoms with Gasteiger partial charge in [0.05, 0.1) is 12.7 Å². The van der Waals surface area contributed by atoms with E-state index in [1.54, 1.807) is 31.6 Å². The van der Waals surface area contributed by atoms with Gasteiger partial charge in [-0.1, -0.05) is 18.2 Å². The summed E-state index contributed by atoms with van der Waals surface area (Å²) in [6.45, 7) is 3.06. The summed E-state index contributed by atoms with van der Waals surface area (Å²) in [6, 6.07) is 6.81. The summed E-state index contributed by atoms with van der Waals surface area (Å²) in [7, 11) is 1.68. The van der Waals surface area contributed by atoms with Crippen LogP contribution in [-0.4, -0.2) is 46.8 Å². The Bertz CT molecular complexity index is 749. The molecule has 1 aliphatic rings. The van der Waals surface area contributed by atoms with Crippen LogP contribution in [0.25, 0.3) is 0 Å². The minimum absolute atomic E-state index is 0.0720. The van der Waals surface area contributed by atoms with Crippen molar-refractivity contribution < 1.29 is 9.13 Å². The van der Waals surface area contributed by atoms with Crippen LogP contribution in [0.5, 0.6) is 0 Å². The Hall–Kier alpha value is -2.25. The zero-order valence-electron chi connectivity index (χ0n) is 13.6. The fourth-order valence-corrected chi connectivity index (χ4v) is 2.74. The molecule has 3 rings (SSSR count). The van der Waals surface area contributed by atoms with E-state index in [0.717, 1.165) is 6.54 Å². The molecule has 0 saturated carbocycles. The molecule has 6 nitrogen and oxygen atoms in total. The Balaban J connectivity index is 1.57. The van der Waals surface area contributed by atoms with Gasteiger partial charge in [0.15, 0.2) is 5.82 Å². The molecule has 7 heteroatoms. The molecule has 1 aliphatic heterocycles. The second-order valence-corrected chi connectivity index (χ2v) is 5.89. The number of anilines is 1. The lowest BCUT2D eigenvalue weighted by Crippen LogP contribution is -2.45. The molecule has 2 heterocycles. The predicted octanol–water partition coefficient (Wildman–Crippen LogP) is 1.23. The molecule has 1 fully saturated rings. The van der Waals surface area contributed by atoms with Gasteiger partial charge in [0.1, 0.15) is 5.82 Å². The average Bonchev–Trinajstić information content (AvgIpc) is 2.59. The second kappa shape index (κ2) is 7.55. The molecule has 0 amide bonds. The number of hydrogen-bond donors (Lipinski definition) is 1. The van der Waals surface area contributed by atoms with Crippen LogP contribution in [0.3, 0.4) is 0 Å². The number of nitrogens with zero attached hydrogens (tertiary/aromatic N) is 3. The first-order valence-electron chi connectivity index (χ1n) is 7.96. The van der Waals surface area contributed by atoms with E-state index < -0.39 is 0 Å². The Morgan fingerprint density at radius 3 is 3.08 bits per heavy atom. The predicted molar refractivity (Wildman–Crippen MR) is 89.4 cm³/mol. The van der Waals surface area contributed by atoms with E-state index >= 15 is 0 Å². The molecule has 0 spiro atoms. The number of halogens is 1.